The van der Waals surface area contributed by atoms with Gasteiger partial charge in [-0.3, -0.25) is 9.59 Å². The van der Waals surface area contributed by atoms with Crippen molar-refractivity contribution in [1.82, 2.24) is 4.98 Å². The number of carbonyl (C=O) groups excluding carboxylic acids is 1. The normalized spacial score (nSPS) is 11.0. The second kappa shape index (κ2) is 6.00. The van der Waals surface area contributed by atoms with Crippen molar-refractivity contribution in [2.24, 2.45) is 0 Å². The van der Waals surface area contributed by atoms with Crippen molar-refractivity contribution in [1.29, 1.82) is 0 Å². The molecule has 0 amide bonds. The van der Waals surface area contributed by atoms with Gasteiger partial charge in [0.1, 0.15) is 0 Å². The van der Waals surface area contributed by atoms with E-state index in [4.69, 9.17) is 4.74 Å². The van der Waals surface area contributed by atoms with Crippen LogP contribution in [0.25, 0.3) is 17.0 Å². The van der Waals surface area contributed by atoms with E-state index in [2.05, 4.69) is 4.98 Å². The summed E-state index contributed by atoms with van der Waals surface area (Å²) in [6, 6.07) is 6.99. The molecule has 1 aromatic heterocycles. The van der Waals surface area contributed by atoms with E-state index in [0.717, 1.165) is 11.1 Å². The molecule has 2 rings (SSSR count). The minimum atomic E-state index is -0.243. The Hall–Kier alpha value is -2.36. The number of ether oxygens (including phenoxy) is 1. The highest BCUT2D eigenvalue weighted by Gasteiger charge is 1.99. The van der Waals surface area contributed by atoms with Crippen molar-refractivity contribution in [2.45, 2.75) is 13.3 Å². The van der Waals surface area contributed by atoms with Crippen LogP contribution in [0.4, 0.5) is 0 Å². The van der Waals surface area contributed by atoms with Gasteiger partial charge in [0.2, 0.25) is 0 Å². The van der Waals surface area contributed by atoms with Gasteiger partial charge in [-0.15, -0.1) is 0 Å². The predicted octanol–water partition coefficient (Wildman–Crippen LogP) is 2.49. The van der Waals surface area contributed by atoms with Crippen LogP contribution in [0, 0.1) is 0 Å². The fourth-order valence-corrected chi connectivity index (χ4v) is 1.81. The second-order valence-corrected chi connectivity index (χ2v) is 4.06. The van der Waals surface area contributed by atoms with Crippen molar-refractivity contribution >= 4 is 22.9 Å². The predicted molar refractivity (Wildman–Crippen MR) is 74.9 cm³/mol. The van der Waals surface area contributed by atoms with E-state index < -0.39 is 0 Å². The number of carbonyl (C=O) groups is 1. The van der Waals surface area contributed by atoms with Gasteiger partial charge in [-0.1, -0.05) is 18.2 Å². The molecule has 98 valence electrons. The fourth-order valence-electron chi connectivity index (χ4n) is 1.81. The Kier molecular flexibility index (Phi) is 4.13. The van der Waals surface area contributed by atoms with E-state index in [9.17, 15) is 9.59 Å². The minimum Gasteiger partial charge on any atom is -0.466 e. The van der Waals surface area contributed by atoms with Gasteiger partial charge in [-0.25, -0.2) is 0 Å². The Morgan fingerprint density at radius 2 is 2.21 bits per heavy atom. The monoisotopic (exact) mass is 257 g/mol. The van der Waals surface area contributed by atoms with Crippen LogP contribution in [-0.4, -0.2) is 17.6 Å². The molecule has 4 nitrogen and oxygen atoms in total. The molecule has 19 heavy (non-hydrogen) atoms. The lowest BCUT2D eigenvalue weighted by molar-refractivity contribution is -0.142. The highest BCUT2D eigenvalue weighted by Crippen LogP contribution is 2.11. The summed E-state index contributed by atoms with van der Waals surface area (Å²) in [6.45, 7) is 2.17. The summed E-state index contributed by atoms with van der Waals surface area (Å²) in [5, 5.41) is 0.657. The third-order valence-corrected chi connectivity index (χ3v) is 2.68. The van der Waals surface area contributed by atoms with Crippen LogP contribution < -0.4 is 5.43 Å². The number of hydrogen-bond donors (Lipinski definition) is 1. The first-order chi connectivity index (χ1) is 9.20. The molecular weight excluding hydrogens is 242 g/mol. The molecule has 2 aromatic rings. The summed E-state index contributed by atoms with van der Waals surface area (Å²) in [7, 11) is 0. The molecule has 1 N–H and O–H groups in total. The number of rotatable bonds is 4. The highest BCUT2D eigenvalue weighted by atomic mass is 16.5. The topological polar surface area (TPSA) is 59.2 Å². The first-order valence-electron chi connectivity index (χ1n) is 6.14. The number of esters is 1. The summed E-state index contributed by atoms with van der Waals surface area (Å²) in [6.07, 6.45) is 5.45. The fraction of sp³-hybridized carbons (Fsp3) is 0.200. The maximum Gasteiger partial charge on any atom is 0.309 e. The molecule has 0 radical (unpaired) electrons. The molecule has 0 saturated carbocycles. The van der Waals surface area contributed by atoms with E-state index >= 15 is 0 Å². The van der Waals surface area contributed by atoms with Crippen LogP contribution in [0.5, 0.6) is 0 Å². The third kappa shape index (κ3) is 3.31. The number of aromatic nitrogens is 1. The summed E-state index contributed by atoms with van der Waals surface area (Å²) >= 11 is 0. The lowest BCUT2D eigenvalue weighted by atomic mass is 10.1. The molecule has 0 aliphatic heterocycles. The van der Waals surface area contributed by atoms with Gasteiger partial charge in [0.15, 0.2) is 5.43 Å². The van der Waals surface area contributed by atoms with Crippen LogP contribution in [0.3, 0.4) is 0 Å². The van der Waals surface area contributed by atoms with E-state index in [-0.39, 0.29) is 17.8 Å². The van der Waals surface area contributed by atoms with Crippen molar-refractivity contribution in [3.8, 4) is 0 Å². The Labute approximate surface area is 110 Å². The molecule has 0 spiro atoms. The third-order valence-electron chi connectivity index (χ3n) is 2.68. The molecule has 0 aliphatic carbocycles. The van der Waals surface area contributed by atoms with Crippen molar-refractivity contribution in [2.75, 3.05) is 6.61 Å². The zero-order chi connectivity index (χ0) is 13.7. The lowest BCUT2D eigenvalue weighted by Gasteiger charge is -1.99. The molecule has 0 unspecified atom stereocenters. The van der Waals surface area contributed by atoms with Crippen LogP contribution in [-0.2, 0) is 9.53 Å². The van der Waals surface area contributed by atoms with Gasteiger partial charge >= 0.3 is 5.97 Å². The average Bonchev–Trinajstić information content (AvgIpc) is 2.39. The molecule has 0 saturated heterocycles. The van der Waals surface area contributed by atoms with Crippen molar-refractivity contribution < 1.29 is 9.53 Å². The molecule has 4 heteroatoms. The Balaban J connectivity index is 2.16. The van der Waals surface area contributed by atoms with E-state index in [0.29, 0.717) is 12.0 Å². The van der Waals surface area contributed by atoms with Gasteiger partial charge in [0.05, 0.1) is 13.0 Å². The number of fused-ring (bicyclic) bond motifs is 1. The lowest BCUT2D eigenvalue weighted by Crippen LogP contribution is -2.01. The Morgan fingerprint density at radius 1 is 1.37 bits per heavy atom. The number of benzene rings is 1. The first-order valence-corrected chi connectivity index (χ1v) is 6.14. The molecule has 0 fully saturated rings. The maximum atomic E-state index is 11.6. The molecule has 1 aromatic carbocycles. The van der Waals surface area contributed by atoms with Crippen molar-refractivity contribution in [3.05, 3.63) is 52.3 Å². The van der Waals surface area contributed by atoms with E-state index in [1.54, 1.807) is 25.3 Å². The zero-order valence-electron chi connectivity index (χ0n) is 10.7. The Morgan fingerprint density at radius 3 is 3.00 bits per heavy atom. The summed E-state index contributed by atoms with van der Waals surface area (Å²) < 4.78 is 4.83. The van der Waals surface area contributed by atoms with Gasteiger partial charge < -0.3 is 9.72 Å². The number of aromatic amines is 1. The van der Waals surface area contributed by atoms with Crippen molar-refractivity contribution in [3.63, 3.8) is 0 Å². The Bertz CT molecular complexity index is 670. The molecule has 0 atom stereocenters. The standard InChI is InChI=1S/C15H15NO3/c1-2-19-15(18)5-3-4-11-6-7-12-13(10-11)16-9-8-14(12)17/h3-4,6-10H,2,5H2,1H3,(H,16,17). The van der Waals surface area contributed by atoms with Crippen LogP contribution in [0.2, 0.25) is 0 Å². The molecule has 0 aliphatic rings. The van der Waals surface area contributed by atoms with Crippen LogP contribution in [0.1, 0.15) is 18.9 Å². The largest absolute Gasteiger partial charge is 0.466 e. The second-order valence-electron chi connectivity index (χ2n) is 4.06. The number of H-pyrrole nitrogens is 1. The van der Waals surface area contributed by atoms with Gasteiger partial charge in [0, 0.05) is 23.2 Å². The van der Waals surface area contributed by atoms with Gasteiger partial charge in [0.25, 0.3) is 0 Å². The van der Waals surface area contributed by atoms with E-state index in [1.165, 1.54) is 6.07 Å². The highest BCUT2D eigenvalue weighted by molar-refractivity contribution is 5.81. The maximum absolute atomic E-state index is 11.6. The number of hydrogen-bond acceptors (Lipinski definition) is 3. The minimum absolute atomic E-state index is 0.00389. The summed E-state index contributed by atoms with van der Waals surface area (Å²) in [5.74, 6) is -0.243. The van der Waals surface area contributed by atoms with Gasteiger partial charge in [-0.05, 0) is 24.6 Å². The summed E-state index contributed by atoms with van der Waals surface area (Å²) in [4.78, 5) is 25.8. The smallest absolute Gasteiger partial charge is 0.309 e. The first kappa shape index (κ1) is 13.1. The quantitative estimate of drug-likeness (QED) is 0.856. The molecule has 0 bridgehead atoms. The summed E-state index contributed by atoms with van der Waals surface area (Å²) in [5.41, 5.74) is 1.71. The number of nitrogens with one attached hydrogen (secondary N) is 1. The number of pyridine rings is 1. The van der Waals surface area contributed by atoms with Gasteiger partial charge in [-0.2, -0.15) is 0 Å². The van der Waals surface area contributed by atoms with Crippen LogP contribution in [0.15, 0.2) is 41.3 Å². The molecule has 1 heterocycles. The molecular formula is C15H15NO3. The van der Waals surface area contributed by atoms with E-state index in [1.807, 2.05) is 18.2 Å². The van der Waals surface area contributed by atoms with Crippen LogP contribution >= 0.6 is 0 Å². The average molecular weight is 257 g/mol. The SMILES string of the molecule is CCOC(=O)CC=Cc1ccc2c(=O)cc[nH]c2c1. The zero-order valence-corrected chi connectivity index (χ0v) is 10.7.